The quantitative estimate of drug-likeness (QED) is 0.573. The Bertz CT molecular complexity index is 1020. The summed E-state index contributed by atoms with van der Waals surface area (Å²) in [5, 5.41) is 9.80. The second-order valence-electron chi connectivity index (χ2n) is 6.55. The summed E-state index contributed by atoms with van der Waals surface area (Å²) in [4.78, 5) is 1.14. The number of thiophene rings is 1. The van der Waals surface area contributed by atoms with Gasteiger partial charge in [0.1, 0.15) is 11.5 Å². The molecule has 5 rings (SSSR count). The molecule has 4 nitrogen and oxygen atoms in total. The van der Waals surface area contributed by atoms with E-state index in [0.717, 1.165) is 39.6 Å². The van der Waals surface area contributed by atoms with E-state index in [2.05, 4.69) is 22.5 Å². The molecule has 136 valence electrons. The summed E-state index contributed by atoms with van der Waals surface area (Å²) in [7, 11) is 1.68. The minimum absolute atomic E-state index is 0.0979. The molecule has 2 aliphatic heterocycles. The Labute approximate surface area is 166 Å². The lowest BCUT2D eigenvalue weighted by Gasteiger charge is -2.37. The fourth-order valence-electron chi connectivity index (χ4n) is 3.65. The van der Waals surface area contributed by atoms with Crippen molar-refractivity contribution in [3.05, 3.63) is 81.0 Å². The molecule has 27 heavy (non-hydrogen) atoms. The maximum absolute atomic E-state index is 6.32. The molecule has 0 amide bonds. The van der Waals surface area contributed by atoms with Crippen LogP contribution >= 0.6 is 22.9 Å². The Hall–Kier alpha value is -2.50. The molecule has 0 bridgehead atoms. The molecule has 3 aromatic rings. The van der Waals surface area contributed by atoms with E-state index < -0.39 is 0 Å². The van der Waals surface area contributed by atoms with Crippen LogP contribution in [0.5, 0.6) is 11.5 Å². The number of halogens is 1. The summed E-state index contributed by atoms with van der Waals surface area (Å²) in [5.41, 5.74) is 3.17. The number of methoxy groups -OCH3 is 1. The van der Waals surface area contributed by atoms with Gasteiger partial charge in [-0.15, -0.1) is 11.3 Å². The van der Waals surface area contributed by atoms with Crippen molar-refractivity contribution in [1.82, 2.24) is 5.01 Å². The zero-order valence-electron chi connectivity index (χ0n) is 14.6. The molecule has 0 aliphatic carbocycles. The van der Waals surface area contributed by atoms with Crippen molar-refractivity contribution in [1.29, 1.82) is 0 Å². The Balaban J connectivity index is 1.59. The molecular formula is C21H17ClN2O2S. The molecular weight excluding hydrogens is 380 g/mol. The molecule has 0 radical (unpaired) electrons. The monoisotopic (exact) mass is 396 g/mol. The highest BCUT2D eigenvalue weighted by Crippen LogP contribution is 2.48. The number of benzene rings is 2. The van der Waals surface area contributed by atoms with Gasteiger partial charge in [0.15, 0.2) is 0 Å². The summed E-state index contributed by atoms with van der Waals surface area (Å²) in [5.74, 6) is 1.70. The van der Waals surface area contributed by atoms with Gasteiger partial charge in [-0.1, -0.05) is 29.8 Å². The van der Waals surface area contributed by atoms with Gasteiger partial charge in [0.25, 0.3) is 0 Å². The highest BCUT2D eigenvalue weighted by Gasteiger charge is 2.41. The molecule has 2 aromatic carbocycles. The molecule has 0 saturated heterocycles. The predicted octanol–water partition coefficient (Wildman–Crippen LogP) is 5.65. The van der Waals surface area contributed by atoms with Crippen molar-refractivity contribution in [3.8, 4) is 11.5 Å². The normalized spacial score (nSPS) is 20.5. The van der Waals surface area contributed by atoms with Crippen molar-refractivity contribution in [3.63, 3.8) is 0 Å². The van der Waals surface area contributed by atoms with Crippen LogP contribution in [0.3, 0.4) is 0 Å². The molecule has 0 N–H and O–H groups in total. The Kier molecular flexibility index (Phi) is 4.06. The van der Waals surface area contributed by atoms with Gasteiger partial charge in [-0.05, 0) is 41.8 Å². The maximum atomic E-state index is 6.32. The van der Waals surface area contributed by atoms with Crippen LogP contribution in [-0.2, 0) is 0 Å². The third kappa shape index (κ3) is 2.87. The zero-order chi connectivity index (χ0) is 18.4. The molecule has 3 heterocycles. The van der Waals surface area contributed by atoms with E-state index in [1.165, 1.54) is 0 Å². The van der Waals surface area contributed by atoms with E-state index in [0.29, 0.717) is 5.02 Å². The van der Waals surface area contributed by atoms with Gasteiger partial charge in [0, 0.05) is 22.6 Å². The SMILES string of the molecule is COc1cccc(C2=NN3[C@H](C2)c2cc(Cl)ccc2O[C@@H]3c2cccs2)c1. The first-order chi connectivity index (χ1) is 13.2. The standard InChI is InChI=1S/C21H17ClN2O2S/c1-25-15-5-2-4-13(10-15)17-12-18-16-11-14(22)7-8-19(16)26-21(24(18)23-17)20-6-3-9-27-20/h2-11,18,21H,12H2,1H3/t18-,21-/m1/s1. The molecule has 2 atom stereocenters. The van der Waals surface area contributed by atoms with Gasteiger partial charge in [0.2, 0.25) is 6.23 Å². The summed E-state index contributed by atoms with van der Waals surface area (Å²) in [6.07, 6.45) is 0.568. The Morgan fingerprint density at radius 1 is 1.19 bits per heavy atom. The van der Waals surface area contributed by atoms with Crippen molar-refractivity contribution < 1.29 is 9.47 Å². The third-order valence-corrected chi connectivity index (χ3v) is 6.08. The van der Waals surface area contributed by atoms with Gasteiger partial charge < -0.3 is 9.47 Å². The van der Waals surface area contributed by atoms with Gasteiger partial charge in [-0.3, -0.25) is 0 Å². The fourth-order valence-corrected chi connectivity index (χ4v) is 4.58. The predicted molar refractivity (Wildman–Crippen MR) is 108 cm³/mol. The van der Waals surface area contributed by atoms with Crippen molar-refractivity contribution >= 4 is 28.6 Å². The first-order valence-corrected chi connectivity index (χ1v) is 9.98. The summed E-state index contributed by atoms with van der Waals surface area (Å²) >= 11 is 7.95. The van der Waals surface area contributed by atoms with Gasteiger partial charge in [-0.25, -0.2) is 5.01 Å². The minimum Gasteiger partial charge on any atom is -0.497 e. The first kappa shape index (κ1) is 16.7. The van der Waals surface area contributed by atoms with Crippen molar-refractivity contribution in [2.24, 2.45) is 5.10 Å². The minimum atomic E-state index is -0.230. The van der Waals surface area contributed by atoms with E-state index in [-0.39, 0.29) is 12.3 Å². The zero-order valence-corrected chi connectivity index (χ0v) is 16.2. The molecule has 0 fully saturated rings. The number of hydrazone groups is 1. The summed E-state index contributed by atoms with van der Waals surface area (Å²) in [6.45, 7) is 0. The first-order valence-electron chi connectivity index (χ1n) is 8.72. The number of nitrogens with zero attached hydrogens (tertiary/aromatic N) is 2. The van der Waals surface area contributed by atoms with Crippen molar-refractivity contribution in [2.75, 3.05) is 7.11 Å². The van der Waals surface area contributed by atoms with Crippen LogP contribution in [-0.4, -0.2) is 17.8 Å². The lowest BCUT2D eigenvalue weighted by atomic mass is 9.96. The molecule has 2 aliphatic rings. The van der Waals surface area contributed by atoms with Crippen LogP contribution in [0.2, 0.25) is 5.02 Å². The van der Waals surface area contributed by atoms with Crippen LogP contribution in [0, 0.1) is 0 Å². The van der Waals surface area contributed by atoms with Gasteiger partial charge in [0.05, 0.1) is 23.7 Å². The number of hydrogen-bond donors (Lipinski definition) is 0. The molecule has 0 saturated carbocycles. The second kappa shape index (κ2) is 6.59. The third-order valence-electron chi connectivity index (χ3n) is 4.94. The average molecular weight is 397 g/mol. The Morgan fingerprint density at radius 2 is 2.11 bits per heavy atom. The largest absolute Gasteiger partial charge is 0.497 e. The number of ether oxygens (including phenoxy) is 2. The van der Waals surface area contributed by atoms with Crippen LogP contribution in [0.25, 0.3) is 0 Å². The van der Waals surface area contributed by atoms with E-state index in [4.69, 9.17) is 26.2 Å². The number of hydrogen-bond acceptors (Lipinski definition) is 5. The van der Waals surface area contributed by atoms with Crippen LogP contribution in [0.1, 0.15) is 34.7 Å². The number of fused-ring (bicyclic) bond motifs is 3. The van der Waals surface area contributed by atoms with E-state index >= 15 is 0 Å². The molecule has 6 heteroatoms. The molecule has 0 spiro atoms. The van der Waals surface area contributed by atoms with Crippen molar-refractivity contribution in [2.45, 2.75) is 18.7 Å². The maximum Gasteiger partial charge on any atom is 0.222 e. The fraction of sp³-hybridized carbons (Fsp3) is 0.190. The van der Waals surface area contributed by atoms with Crippen LogP contribution < -0.4 is 9.47 Å². The number of rotatable bonds is 3. The molecule has 0 unspecified atom stereocenters. The van der Waals surface area contributed by atoms with Gasteiger partial charge >= 0.3 is 0 Å². The molecule has 1 aromatic heterocycles. The second-order valence-corrected chi connectivity index (χ2v) is 7.96. The van der Waals surface area contributed by atoms with E-state index in [1.807, 2.05) is 42.5 Å². The van der Waals surface area contributed by atoms with E-state index in [1.54, 1.807) is 18.4 Å². The topological polar surface area (TPSA) is 34.1 Å². The highest BCUT2D eigenvalue weighted by molar-refractivity contribution is 7.10. The van der Waals surface area contributed by atoms with Crippen LogP contribution in [0.4, 0.5) is 0 Å². The van der Waals surface area contributed by atoms with E-state index in [9.17, 15) is 0 Å². The Morgan fingerprint density at radius 3 is 2.93 bits per heavy atom. The highest BCUT2D eigenvalue weighted by atomic mass is 35.5. The lowest BCUT2D eigenvalue weighted by Crippen LogP contribution is -2.33. The summed E-state index contributed by atoms with van der Waals surface area (Å²) in [6, 6.07) is 18.1. The average Bonchev–Trinajstić information content (AvgIpc) is 3.38. The lowest BCUT2D eigenvalue weighted by molar-refractivity contribution is -0.0165. The smallest absolute Gasteiger partial charge is 0.222 e. The van der Waals surface area contributed by atoms with Gasteiger partial charge in [-0.2, -0.15) is 5.10 Å². The van der Waals surface area contributed by atoms with Crippen LogP contribution in [0.15, 0.2) is 65.1 Å². The summed E-state index contributed by atoms with van der Waals surface area (Å²) < 4.78 is 11.7.